The van der Waals surface area contributed by atoms with E-state index in [1.165, 1.54) is 12.1 Å². The molecule has 0 spiro atoms. The van der Waals surface area contributed by atoms with Gasteiger partial charge in [0, 0.05) is 5.56 Å². The number of aryl methyl sites for hydroxylation is 1. The Kier molecular flexibility index (Phi) is 4.35. The molecule has 20 heavy (non-hydrogen) atoms. The largest absolute Gasteiger partial charge is 0.293 e. The fourth-order valence-corrected chi connectivity index (χ4v) is 3.14. The molecule has 0 bridgehead atoms. The van der Waals surface area contributed by atoms with Crippen LogP contribution < -0.4 is 0 Å². The Morgan fingerprint density at radius 2 is 1.55 bits per heavy atom. The molecular formula is C16H16O3S. The van der Waals surface area contributed by atoms with Gasteiger partial charge in [-0.3, -0.25) is 4.79 Å². The summed E-state index contributed by atoms with van der Waals surface area (Å²) in [4.78, 5) is 12.2. The highest BCUT2D eigenvalue weighted by molar-refractivity contribution is 7.92. The first-order valence-corrected chi connectivity index (χ1v) is 8.08. The summed E-state index contributed by atoms with van der Waals surface area (Å²) in [7, 11) is -3.57. The maximum atomic E-state index is 12.1. The van der Waals surface area contributed by atoms with Gasteiger partial charge in [-0.1, -0.05) is 49.4 Å². The first kappa shape index (κ1) is 14.5. The fourth-order valence-electron chi connectivity index (χ4n) is 1.89. The third-order valence-corrected chi connectivity index (χ3v) is 4.74. The number of rotatable bonds is 5. The number of hydrogen-bond donors (Lipinski definition) is 0. The minimum Gasteiger partial charge on any atom is -0.293 e. The normalized spacial score (nSPS) is 11.2. The van der Waals surface area contributed by atoms with Gasteiger partial charge >= 0.3 is 0 Å². The lowest BCUT2D eigenvalue weighted by atomic mass is 10.1. The van der Waals surface area contributed by atoms with Crippen LogP contribution in [0.2, 0.25) is 0 Å². The molecule has 0 unspecified atom stereocenters. The van der Waals surface area contributed by atoms with E-state index in [1.807, 2.05) is 19.1 Å². The molecule has 0 saturated carbocycles. The van der Waals surface area contributed by atoms with E-state index < -0.39 is 15.6 Å². The Labute approximate surface area is 119 Å². The average Bonchev–Trinajstić information content (AvgIpc) is 2.48. The molecule has 2 aromatic rings. The Hall–Kier alpha value is -1.94. The third kappa shape index (κ3) is 3.33. The van der Waals surface area contributed by atoms with Crippen molar-refractivity contribution < 1.29 is 13.2 Å². The molecule has 0 atom stereocenters. The number of carbonyl (C=O) groups is 1. The zero-order valence-electron chi connectivity index (χ0n) is 11.2. The van der Waals surface area contributed by atoms with Crippen LogP contribution in [0, 0.1) is 0 Å². The molecule has 3 nitrogen and oxygen atoms in total. The van der Waals surface area contributed by atoms with E-state index in [9.17, 15) is 13.2 Å². The summed E-state index contributed by atoms with van der Waals surface area (Å²) in [5.41, 5.74) is 1.55. The van der Waals surface area contributed by atoms with E-state index in [-0.39, 0.29) is 10.7 Å². The van der Waals surface area contributed by atoms with Crippen molar-refractivity contribution in [1.82, 2.24) is 0 Å². The van der Waals surface area contributed by atoms with Crippen LogP contribution in [0.3, 0.4) is 0 Å². The van der Waals surface area contributed by atoms with E-state index in [0.717, 1.165) is 12.0 Å². The topological polar surface area (TPSA) is 51.2 Å². The molecule has 0 fully saturated rings. The van der Waals surface area contributed by atoms with Gasteiger partial charge in [-0.05, 0) is 24.1 Å². The van der Waals surface area contributed by atoms with Gasteiger partial charge in [-0.25, -0.2) is 8.42 Å². The van der Waals surface area contributed by atoms with Crippen LogP contribution in [-0.4, -0.2) is 20.0 Å². The van der Waals surface area contributed by atoms with Crippen molar-refractivity contribution in [2.75, 3.05) is 5.75 Å². The highest BCUT2D eigenvalue weighted by Gasteiger charge is 2.19. The highest BCUT2D eigenvalue weighted by Crippen LogP contribution is 2.13. The number of ketones is 1. The lowest BCUT2D eigenvalue weighted by Gasteiger charge is -2.04. The van der Waals surface area contributed by atoms with Crippen molar-refractivity contribution >= 4 is 15.6 Å². The minimum absolute atomic E-state index is 0.179. The SMILES string of the molecule is CCc1ccc(C(=O)CS(=O)(=O)c2ccccc2)cc1. The third-order valence-electron chi connectivity index (χ3n) is 3.11. The Bertz CT molecular complexity index is 686. The number of Topliss-reactive ketones (excluding diaryl/α,β-unsaturated/α-hetero) is 1. The number of benzene rings is 2. The number of sulfone groups is 1. The monoisotopic (exact) mass is 288 g/mol. The highest BCUT2D eigenvalue weighted by atomic mass is 32.2. The van der Waals surface area contributed by atoms with Gasteiger partial charge in [-0.15, -0.1) is 0 Å². The Morgan fingerprint density at radius 1 is 0.950 bits per heavy atom. The number of carbonyl (C=O) groups excluding carboxylic acids is 1. The molecule has 0 amide bonds. The summed E-state index contributed by atoms with van der Waals surface area (Å²) in [5.74, 6) is -0.876. The first-order chi connectivity index (χ1) is 9.53. The molecule has 4 heteroatoms. The van der Waals surface area contributed by atoms with Crippen LogP contribution in [0.5, 0.6) is 0 Å². The lowest BCUT2D eigenvalue weighted by Crippen LogP contribution is -2.16. The summed E-state index contributed by atoms with van der Waals surface area (Å²) < 4.78 is 24.2. The van der Waals surface area contributed by atoms with E-state index >= 15 is 0 Å². The average molecular weight is 288 g/mol. The van der Waals surface area contributed by atoms with Gasteiger partial charge in [-0.2, -0.15) is 0 Å². The molecule has 2 rings (SSSR count). The predicted molar refractivity (Wildman–Crippen MR) is 78.6 cm³/mol. The Balaban J connectivity index is 2.18. The van der Waals surface area contributed by atoms with E-state index in [0.29, 0.717) is 5.56 Å². The van der Waals surface area contributed by atoms with Crippen LogP contribution in [0.25, 0.3) is 0 Å². The second kappa shape index (κ2) is 6.01. The molecule has 0 heterocycles. The molecule has 0 radical (unpaired) electrons. The van der Waals surface area contributed by atoms with Crippen molar-refractivity contribution in [2.45, 2.75) is 18.2 Å². The van der Waals surface area contributed by atoms with Gasteiger partial charge < -0.3 is 0 Å². The second-order valence-corrected chi connectivity index (χ2v) is 6.54. The van der Waals surface area contributed by atoms with E-state index in [4.69, 9.17) is 0 Å². The molecule has 0 N–H and O–H groups in total. The van der Waals surface area contributed by atoms with Gasteiger partial charge in [0.2, 0.25) is 0 Å². The summed E-state index contributed by atoms with van der Waals surface area (Å²) >= 11 is 0. The fraction of sp³-hybridized carbons (Fsp3) is 0.188. The maximum Gasteiger partial charge on any atom is 0.185 e. The zero-order valence-corrected chi connectivity index (χ0v) is 12.1. The van der Waals surface area contributed by atoms with Crippen molar-refractivity contribution in [3.05, 3.63) is 65.7 Å². The van der Waals surface area contributed by atoms with Gasteiger partial charge in [0.15, 0.2) is 15.6 Å². The van der Waals surface area contributed by atoms with Crippen LogP contribution in [-0.2, 0) is 16.3 Å². The van der Waals surface area contributed by atoms with Crippen molar-refractivity contribution in [2.24, 2.45) is 0 Å². The molecule has 104 valence electrons. The van der Waals surface area contributed by atoms with Crippen LogP contribution in [0.1, 0.15) is 22.8 Å². The summed E-state index contributed by atoms with van der Waals surface area (Å²) in [6, 6.07) is 15.1. The molecule has 2 aromatic carbocycles. The molecule has 0 aliphatic heterocycles. The predicted octanol–water partition coefficient (Wildman–Crippen LogP) is 2.91. The quantitative estimate of drug-likeness (QED) is 0.795. The van der Waals surface area contributed by atoms with Crippen molar-refractivity contribution in [3.8, 4) is 0 Å². The van der Waals surface area contributed by atoms with Crippen molar-refractivity contribution in [3.63, 3.8) is 0 Å². The molecule has 0 aliphatic rings. The molecular weight excluding hydrogens is 272 g/mol. The standard InChI is InChI=1S/C16H16O3S/c1-2-13-8-10-14(11-9-13)16(17)12-20(18,19)15-6-4-3-5-7-15/h3-11H,2,12H2,1H3. The van der Waals surface area contributed by atoms with E-state index in [2.05, 4.69) is 0 Å². The smallest absolute Gasteiger partial charge is 0.185 e. The van der Waals surface area contributed by atoms with Gasteiger partial charge in [0.1, 0.15) is 5.75 Å². The van der Waals surface area contributed by atoms with Crippen LogP contribution in [0.4, 0.5) is 0 Å². The number of hydrogen-bond acceptors (Lipinski definition) is 3. The molecule has 0 aromatic heterocycles. The van der Waals surface area contributed by atoms with Gasteiger partial charge in [0.25, 0.3) is 0 Å². The van der Waals surface area contributed by atoms with Crippen molar-refractivity contribution in [1.29, 1.82) is 0 Å². The van der Waals surface area contributed by atoms with Crippen LogP contribution >= 0.6 is 0 Å². The summed E-state index contributed by atoms with van der Waals surface area (Å²) in [6.45, 7) is 2.02. The minimum atomic E-state index is -3.57. The molecule has 0 saturated heterocycles. The van der Waals surface area contributed by atoms with Gasteiger partial charge in [0.05, 0.1) is 4.90 Å². The maximum absolute atomic E-state index is 12.1. The van der Waals surface area contributed by atoms with Crippen LogP contribution in [0.15, 0.2) is 59.5 Å². The molecule has 0 aliphatic carbocycles. The summed E-state index contributed by atoms with van der Waals surface area (Å²) in [6.07, 6.45) is 0.886. The Morgan fingerprint density at radius 3 is 2.10 bits per heavy atom. The van der Waals surface area contributed by atoms with E-state index in [1.54, 1.807) is 30.3 Å². The zero-order chi connectivity index (χ0) is 14.6. The first-order valence-electron chi connectivity index (χ1n) is 6.43. The lowest BCUT2D eigenvalue weighted by molar-refractivity contribution is 0.102. The summed E-state index contributed by atoms with van der Waals surface area (Å²) in [5, 5.41) is 0. The second-order valence-electron chi connectivity index (χ2n) is 4.55.